The predicted octanol–water partition coefficient (Wildman–Crippen LogP) is 2.11. The Hall–Kier alpha value is -2.02. The molecule has 0 heterocycles. The van der Waals surface area contributed by atoms with E-state index >= 15 is 0 Å². The minimum absolute atomic E-state index is 0.0212. The highest BCUT2D eigenvalue weighted by atomic mass is 16.5. The Morgan fingerprint density at radius 3 is 2.11 bits per heavy atom. The lowest BCUT2D eigenvalue weighted by Crippen LogP contribution is -2.46. The average molecular weight is 264 g/mol. The van der Waals surface area contributed by atoms with Gasteiger partial charge in [-0.05, 0) is 13.3 Å². The third-order valence-electron chi connectivity index (χ3n) is 2.98. The monoisotopic (exact) mass is 264 g/mol. The van der Waals surface area contributed by atoms with E-state index in [1.165, 1.54) is 20.3 Å². The van der Waals surface area contributed by atoms with Crippen molar-refractivity contribution < 1.29 is 19.1 Å². The fourth-order valence-corrected chi connectivity index (χ4v) is 1.93. The Kier molecular flexibility index (Phi) is 7.28. The van der Waals surface area contributed by atoms with Gasteiger partial charge >= 0.3 is 11.9 Å². The quantitative estimate of drug-likeness (QED) is 0.306. The summed E-state index contributed by atoms with van der Waals surface area (Å²) in [5, 5.41) is 0. The Morgan fingerprint density at radius 1 is 1.26 bits per heavy atom. The SMILES string of the molecule is C=CCC(C=C)C(CC#CC)(C(=O)OC)C(=O)OC. The highest BCUT2D eigenvalue weighted by Gasteiger charge is 2.52. The van der Waals surface area contributed by atoms with Gasteiger partial charge in [-0.1, -0.05) is 12.2 Å². The molecule has 0 aliphatic heterocycles. The van der Waals surface area contributed by atoms with Gasteiger partial charge in [-0.3, -0.25) is 9.59 Å². The van der Waals surface area contributed by atoms with Crippen LogP contribution in [0.25, 0.3) is 0 Å². The van der Waals surface area contributed by atoms with E-state index in [4.69, 9.17) is 9.47 Å². The van der Waals surface area contributed by atoms with Gasteiger partial charge in [0.05, 0.1) is 14.2 Å². The molecule has 1 atom stereocenters. The zero-order valence-electron chi connectivity index (χ0n) is 11.7. The molecule has 0 radical (unpaired) electrons. The maximum atomic E-state index is 12.1. The highest BCUT2D eigenvalue weighted by molar-refractivity contribution is 6.01. The molecule has 0 fully saturated rings. The van der Waals surface area contributed by atoms with E-state index < -0.39 is 23.3 Å². The van der Waals surface area contributed by atoms with E-state index in [-0.39, 0.29) is 6.42 Å². The number of hydrogen-bond donors (Lipinski definition) is 0. The molecule has 19 heavy (non-hydrogen) atoms. The smallest absolute Gasteiger partial charge is 0.324 e. The average Bonchev–Trinajstić information content (AvgIpc) is 2.45. The molecule has 0 aromatic rings. The number of carbonyl (C=O) groups excluding carboxylic acids is 2. The van der Waals surface area contributed by atoms with Crippen LogP contribution in [0.1, 0.15) is 19.8 Å². The number of rotatable bonds is 7. The first-order chi connectivity index (χ1) is 9.04. The van der Waals surface area contributed by atoms with Crippen molar-refractivity contribution in [1.82, 2.24) is 0 Å². The zero-order chi connectivity index (χ0) is 14.9. The number of ether oxygens (including phenoxy) is 2. The van der Waals surface area contributed by atoms with Crippen LogP contribution in [0, 0.1) is 23.2 Å². The fourth-order valence-electron chi connectivity index (χ4n) is 1.93. The Bertz CT molecular complexity index is 396. The molecular weight excluding hydrogens is 244 g/mol. The van der Waals surface area contributed by atoms with Crippen molar-refractivity contribution in [2.24, 2.45) is 11.3 Å². The van der Waals surface area contributed by atoms with Gasteiger partial charge in [0.25, 0.3) is 0 Å². The van der Waals surface area contributed by atoms with Crippen molar-refractivity contribution in [2.45, 2.75) is 19.8 Å². The first kappa shape index (κ1) is 17.0. The van der Waals surface area contributed by atoms with E-state index in [2.05, 4.69) is 25.0 Å². The van der Waals surface area contributed by atoms with Crippen molar-refractivity contribution >= 4 is 11.9 Å². The number of methoxy groups -OCH3 is 2. The van der Waals surface area contributed by atoms with Gasteiger partial charge in [0.1, 0.15) is 0 Å². The Balaban J connectivity index is 5.88. The number of esters is 2. The number of allylic oxidation sites excluding steroid dienone is 2. The molecule has 1 unspecified atom stereocenters. The zero-order valence-corrected chi connectivity index (χ0v) is 11.7. The van der Waals surface area contributed by atoms with E-state index in [9.17, 15) is 9.59 Å². The van der Waals surface area contributed by atoms with Crippen LogP contribution < -0.4 is 0 Å². The van der Waals surface area contributed by atoms with Crippen LogP contribution in [0.15, 0.2) is 25.3 Å². The minimum atomic E-state index is -1.50. The summed E-state index contributed by atoms with van der Waals surface area (Å²) < 4.78 is 9.55. The summed E-state index contributed by atoms with van der Waals surface area (Å²) >= 11 is 0. The fraction of sp³-hybridized carbons (Fsp3) is 0.467. The van der Waals surface area contributed by atoms with Crippen molar-refractivity contribution in [3.8, 4) is 11.8 Å². The molecule has 0 aromatic heterocycles. The van der Waals surface area contributed by atoms with Crippen LogP contribution in [0.4, 0.5) is 0 Å². The molecule has 0 aliphatic carbocycles. The summed E-state index contributed by atoms with van der Waals surface area (Å²) in [6.07, 6.45) is 3.58. The molecule has 4 nitrogen and oxygen atoms in total. The van der Waals surface area contributed by atoms with Crippen LogP contribution >= 0.6 is 0 Å². The molecule has 0 spiro atoms. The molecule has 0 aromatic carbocycles. The summed E-state index contributed by atoms with van der Waals surface area (Å²) in [7, 11) is 2.46. The van der Waals surface area contributed by atoms with E-state index in [1.807, 2.05) is 0 Å². The van der Waals surface area contributed by atoms with Gasteiger partial charge in [0, 0.05) is 12.3 Å². The predicted molar refractivity (Wildman–Crippen MR) is 73.0 cm³/mol. The molecule has 104 valence electrons. The maximum absolute atomic E-state index is 12.1. The van der Waals surface area contributed by atoms with Crippen LogP contribution in [0.5, 0.6) is 0 Å². The third kappa shape index (κ3) is 3.47. The second kappa shape index (κ2) is 8.15. The summed E-state index contributed by atoms with van der Waals surface area (Å²) in [6.45, 7) is 8.93. The summed E-state index contributed by atoms with van der Waals surface area (Å²) in [5.41, 5.74) is -1.50. The van der Waals surface area contributed by atoms with Crippen LogP contribution in [0.3, 0.4) is 0 Å². The summed E-state index contributed by atoms with van der Waals surface area (Å²) in [5.74, 6) is 3.61. The molecule has 0 rings (SSSR count). The van der Waals surface area contributed by atoms with Crippen LogP contribution in [-0.2, 0) is 19.1 Å². The third-order valence-corrected chi connectivity index (χ3v) is 2.98. The first-order valence-corrected chi connectivity index (χ1v) is 5.85. The molecule has 0 saturated carbocycles. The van der Waals surface area contributed by atoms with E-state index in [1.54, 1.807) is 13.0 Å². The minimum Gasteiger partial charge on any atom is -0.468 e. The molecule has 0 N–H and O–H groups in total. The Morgan fingerprint density at radius 2 is 1.79 bits per heavy atom. The molecule has 4 heteroatoms. The van der Waals surface area contributed by atoms with Gasteiger partial charge in [-0.2, -0.15) is 0 Å². The number of carbonyl (C=O) groups is 2. The molecule has 0 aliphatic rings. The summed E-state index contributed by atoms with van der Waals surface area (Å²) in [4.78, 5) is 24.3. The second-order valence-corrected chi connectivity index (χ2v) is 3.92. The van der Waals surface area contributed by atoms with Gasteiger partial charge < -0.3 is 9.47 Å². The topological polar surface area (TPSA) is 52.6 Å². The second-order valence-electron chi connectivity index (χ2n) is 3.92. The van der Waals surface area contributed by atoms with E-state index in [0.29, 0.717) is 6.42 Å². The van der Waals surface area contributed by atoms with Crippen molar-refractivity contribution in [3.63, 3.8) is 0 Å². The van der Waals surface area contributed by atoms with Crippen molar-refractivity contribution in [3.05, 3.63) is 25.3 Å². The normalized spacial score (nSPS) is 11.5. The van der Waals surface area contributed by atoms with E-state index in [0.717, 1.165) is 0 Å². The van der Waals surface area contributed by atoms with Crippen molar-refractivity contribution in [2.75, 3.05) is 14.2 Å². The van der Waals surface area contributed by atoms with Gasteiger partial charge in [-0.25, -0.2) is 0 Å². The first-order valence-electron chi connectivity index (χ1n) is 5.85. The number of hydrogen-bond acceptors (Lipinski definition) is 4. The van der Waals surface area contributed by atoms with Crippen LogP contribution in [0.2, 0.25) is 0 Å². The lowest BCUT2D eigenvalue weighted by atomic mass is 9.71. The maximum Gasteiger partial charge on any atom is 0.324 e. The van der Waals surface area contributed by atoms with Gasteiger partial charge in [-0.15, -0.1) is 25.0 Å². The largest absolute Gasteiger partial charge is 0.468 e. The molecular formula is C15H20O4. The van der Waals surface area contributed by atoms with Crippen LogP contribution in [-0.4, -0.2) is 26.2 Å². The molecule has 0 bridgehead atoms. The lowest BCUT2D eigenvalue weighted by molar-refractivity contribution is -0.172. The molecule has 0 amide bonds. The van der Waals surface area contributed by atoms with Crippen molar-refractivity contribution in [1.29, 1.82) is 0 Å². The van der Waals surface area contributed by atoms with Gasteiger partial charge in [0.2, 0.25) is 0 Å². The summed E-state index contributed by atoms with van der Waals surface area (Å²) in [6, 6.07) is 0. The lowest BCUT2D eigenvalue weighted by Gasteiger charge is -2.32. The molecule has 0 saturated heterocycles. The Labute approximate surface area is 114 Å². The highest BCUT2D eigenvalue weighted by Crippen LogP contribution is 2.38. The van der Waals surface area contributed by atoms with Gasteiger partial charge in [0.15, 0.2) is 5.41 Å². The standard InChI is InChI=1S/C15H20O4/c1-6-9-11-15(13(16)18-4,14(17)19-5)12(8-3)10-7-2/h7-8,12H,2-3,10-11H2,1,4-5H3.